The summed E-state index contributed by atoms with van der Waals surface area (Å²) in [6, 6.07) is 7.67. The van der Waals surface area contributed by atoms with Gasteiger partial charge in [-0.05, 0) is 56.6 Å². The fourth-order valence-corrected chi connectivity index (χ4v) is 4.66. The van der Waals surface area contributed by atoms with Gasteiger partial charge in [-0.15, -0.1) is 0 Å². The molecule has 1 unspecified atom stereocenters. The van der Waals surface area contributed by atoms with Crippen molar-refractivity contribution in [3.8, 4) is 11.3 Å². The maximum atomic E-state index is 13.6. The van der Waals surface area contributed by atoms with Crippen LogP contribution >= 0.6 is 0 Å². The van der Waals surface area contributed by atoms with Gasteiger partial charge >= 0.3 is 11.9 Å². The largest absolute Gasteiger partial charge is 0.478 e. The summed E-state index contributed by atoms with van der Waals surface area (Å²) in [6.07, 6.45) is 4.52. The Morgan fingerprint density at radius 1 is 1.03 bits per heavy atom. The van der Waals surface area contributed by atoms with Gasteiger partial charge in [0, 0.05) is 35.2 Å². The number of hydrogen-bond donors (Lipinski definition) is 3. The van der Waals surface area contributed by atoms with Crippen LogP contribution in [0.1, 0.15) is 58.5 Å². The van der Waals surface area contributed by atoms with Crippen molar-refractivity contribution in [2.75, 3.05) is 13.1 Å². The summed E-state index contributed by atoms with van der Waals surface area (Å²) in [5, 5.41) is 22.9. The number of amides is 2. The van der Waals surface area contributed by atoms with Crippen LogP contribution in [0, 0.1) is 5.82 Å². The van der Waals surface area contributed by atoms with Gasteiger partial charge in [0.15, 0.2) is 5.58 Å². The van der Waals surface area contributed by atoms with Gasteiger partial charge < -0.3 is 14.7 Å². The third-order valence-electron chi connectivity index (χ3n) is 6.36. The quantitative estimate of drug-likeness (QED) is 0.345. The van der Waals surface area contributed by atoms with Crippen molar-refractivity contribution in [2.24, 2.45) is 0 Å². The highest BCUT2D eigenvalue weighted by atomic mass is 19.1. The van der Waals surface area contributed by atoms with Crippen LogP contribution < -0.4 is 5.32 Å². The number of carboxylic acid groups (broad SMARTS) is 2. The molecule has 3 heterocycles. The Morgan fingerprint density at radius 3 is 2.32 bits per heavy atom. The first-order chi connectivity index (χ1) is 17.7. The second-order valence-electron chi connectivity index (χ2n) is 8.69. The summed E-state index contributed by atoms with van der Waals surface area (Å²) in [5.41, 5.74) is 3.19. The number of carboxylic acids is 2. The van der Waals surface area contributed by atoms with Crippen molar-refractivity contribution in [3.63, 3.8) is 0 Å². The average Bonchev–Trinajstić information content (AvgIpc) is 3.42. The molecule has 2 amide bonds. The van der Waals surface area contributed by atoms with Crippen LogP contribution in [0.3, 0.4) is 0 Å². The third kappa shape index (κ3) is 5.41. The van der Waals surface area contributed by atoms with E-state index < -0.39 is 17.8 Å². The predicted octanol–water partition coefficient (Wildman–Crippen LogP) is 3.78. The van der Waals surface area contributed by atoms with Crippen LogP contribution in [0.15, 0.2) is 47.0 Å². The zero-order chi connectivity index (χ0) is 26.7. The number of aromatic nitrogens is 1. The lowest BCUT2D eigenvalue weighted by Crippen LogP contribution is -2.33. The molecule has 0 spiro atoms. The van der Waals surface area contributed by atoms with Gasteiger partial charge in [0.1, 0.15) is 11.5 Å². The number of nitrogens with one attached hydrogen (secondary N) is 1. The smallest absolute Gasteiger partial charge is 0.328 e. The number of piperidine rings is 1. The number of hydrogen-bond acceptors (Lipinski definition) is 7. The Balaban J connectivity index is 0.000000349. The number of carbonyl (C=O) groups excluding carboxylic acids is 2. The molecule has 3 aromatic rings. The number of fused-ring (bicyclic) bond motifs is 2. The summed E-state index contributed by atoms with van der Waals surface area (Å²) in [7, 11) is 0. The molecule has 0 radical (unpaired) electrons. The van der Waals surface area contributed by atoms with E-state index in [2.05, 4.69) is 22.3 Å². The van der Waals surface area contributed by atoms with E-state index in [4.69, 9.17) is 14.7 Å². The summed E-state index contributed by atoms with van der Waals surface area (Å²) < 4.78 is 18.9. The maximum absolute atomic E-state index is 13.6. The Bertz CT molecular complexity index is 1410. The molecule has 1 saturated heterocycles. The molecule has 0 bridgehead atoms. The van der Waals surface area contributed by atoms with Crippen LogP contribution in [-0.2, 0) is 9.59 Å². The second kappa shape index (κ2) is 10.7. The maximum Gasteiger partial charge on any atom is 0.328 e. The number of nitrogens with zero attached hydrogens (tertiary/aromatic N) is 2. The van der Waals surface area contributed by atoms with Gasteiger partial charge in [0.25, 0.3) is 11.8 Å². The molecule has 1 aromatic heterocycles. The molecule has 1 fully saturated rings. The van der Waals surface area contributed by atoms with E-state index in [-0.39, 0.29) is 17.9 Å². The molecule has 192 valence electrons. The molecule has 37 heavy (non-hydrogen) atoms. The van der Waals surface area contributed by atoms with E-state index in [1.54, 1.807) is 12.1 Å². The van der Waals surface area contributed by atoms with E-state index in [9.17, 15) is 23.6 Å². The van der Waals surface area contributed by atoms with Crippen molar-refractivity contribution < 1.29 is 38.3 Å². The minimum Gasteiger partial charge on any atom is -0.478 e. The highest BCUT2D eigenvalue weighted by Crippen LogP contribution is 2.40. The average molecular weight is 509 g/mol. The number of carbonyl (C=O) groups is 4. The van der Waals surface area contributed by atoms with Gasteiger partial charge in [0.2, 0.25) is 0 Å². The van der Waals surface area contributed by atoms with E-state index in [1.165, 1.54) is 18.6 Å². The molecular formula is C26H24FN3O7. The number of likely N-dealkylation sites (tertiary alicyclic amines) is 1. The Hall–Kier alpha value is -4.38. The molecule has 10 nitrogen and oxygen atoms in total. The lowest BCUT2D eigenvalue weighted by molar-refractivity contribution is -0.134. The summed E-state index contributed by atoms with van der Waals surface area (Å²) >= 11 is 0. The first-order valence-electron chi connectivity index (χ1n) is 11.6. The standard InChI is InChI=1S/C22H20FN3O3.C4H4O4/c1-12(26-9-3-2-4-10-26)18-15(7-8-16-19(18)22(28)24-21(16)27)20-14-6-5-13(23)11-17(14)29-25-20;5-3(6)1-2-4(7)8/h5-8,11-12H,2-4,9-10H2,1H3,(H,24,27,28);1-2H,(H,5,6)(H,7,8). The number of aliphatic carboxylic acids is 2. The topological polar surface area (TPSA) is 150 Å². The highest BCUT2D eigenvalue weighted by Gasteiger charge is 2.35. The van der Waals surface area contributed by atoms with Crippen molar-refractivity contribution in [2.45, 2.75) is 32.2 Å². The van der Waals surface area contributed by atoms with Gasteiger partial charge in [-0.3, -0.25) is 19.8 Å². The van der Waals surface area contributed by atoms with Crippen LogP contribution in [0.4, 0.5) is 4.39 Å². The van der Waals surface area contributed by atoms with Crippen molar-refractivity contribution in [1.29, 1.82) is 0 Å². The molecule has 2 aliphatic rings. The molecule has 1 atom stereocenters. The van der Waals surface area contributed by atoms with Gasteiger partial charge in [-0.1, -0.05) is 17.6 Å². The lowest BCUT2D eigenvalue weighted by atomic mass is 9.88. The van der Waals surface area contributed by atoms with Gasteiger partial charge in [-0.25, -0.2) is 14.0 Å². The van der Waals surface area contributed by atoms with E-state index in [0.717, 1.165) is 37.1 Å². The van der Waals surface area contributed by atoms with E-state index in [1.807, 2.05) is 6.07 Å². The molecule has 0 aliphatic carbocycles. The molecular weight excluding hydrogens is 485 g/mol. The Kier molecular flexibility index (Phi) is 7.44. The number of rotatable bonds is 5. The fourth-order valence-electron chi connectivity index (χ4n) is 4.66. The first kappa shape index (κ1) is 25.7. The summed E-state index contributed by atoms with van der Waals surface area (Å²) in [5.74, 6) is -3.68. The monoisotopic (exact) mass is 509 g/mol. The molecule has 5 rings (SSSR count). The minimum absolute atomic E-state index is 0.0795. The molecule has 11 heteroatoms. The number of imide groups is 1. The molecule has 3 N–H and O–H groups in total. The fraction of sp³-hybridized carbons (Fsp3) is 0.269. The lowest BCUT2D eigenvalue weighted by Gasteiger charge is -2.34. The Labute approximate surface area is 210 Å². The van der Waals surface area contributed by atoms with Crippen LogP contribution in [0.2, 0.25) is 0 Å². The van der Waals surface area contributed by atoms with Gasteiger partial charge in [-0.2, -0.15) is 0 Å². The molecule has 2 aromatic carbocycles. The van der Waals surface area contributed by atoms with Crippen molar-refractivity contribution >= 4 is 34.7 Å². The predicted molar refractivity (Wildman–Crippen MR) is 129 cm³/mol. The zero-order valence-corrected chi connectivity index (χ0v) is 19.9. The normalized spacial score (nSPS) is 16.3. The zero-order valence-electron chi connectivity index (χ0n) is 19.9. The van der Waals surface area contributed by atoms with Crippen molar-refractivity contribution in [1.82, 2.24) is 15.4 Å². The van der Waals surface area contributed by atoms with E-state index in [0.29, 0.717) is 39.9 Å². The third-order valence-corrected chi connectivity index (χ3v) is 6.36. The first-order valence-corrected chi connectivity index (χ1v) is 11.6. The number of halogens is 1. The molecule has 0 saturated carbocycles. The van der Waals surface area contributed by atoms with E-state index >= 15 is 0 Å². The van der Waals surface area contributed by atoms with Gasteiger partial charge in [0.05, 0.1) is 11.1 Å². The highest BCUT2D eigenvalue weighted by molar-refractivity contribution is 6.23. The summed E-state index contributed by atoms with van der Waals surface area (Å²) in [6.45, 7) is 3.93. The van der Waals surface area contributed by atoms with Crippen LogP contribution in [0.5, 0.6) is 0 Å². The minimum atomic E-state index is -1.26. The SMILES string of the molecule is CC(c1c(-c2noc3cc(F)ccc23)ccc2c1C(=O)NC2=O)N1CCCCC1.O=C(O)C=CC(=O)O. The second-order valence-corrected chi connectivity index (χ2v) is 8.69. The van der Waals surface area contributed by atoms with Crippen LogP contribution in [-0.4, -0.2) is 57.1 Å². The summed E-state index contributed by atoms with van der Waals surface area (Å²) in [4.78, 5) is 46.4. The van der Waals surface area contributed by atoms with Crippen LogP contribution in [0.25, 0.3) is 22.2 Å². The van der Waals surface area contributed by atoms with Crippen molar-refractivity contribution in [3.05, 3.63) is 65.0 Å². The molecule has 2 aliphatic heterocycles. The number of benzene rings is 2. The Morgan fingerprint density at radius 2 is 1.68 bits per heavy atom.